The zero-order valence-corrected chi connectivity index (χ0v) is 16.4. The Hall–Kier alpha value is -2.47. The van der Waals surface area contributed by atoms with E-state index in [4.69, 9.17) is 9.47 Å². The fraction of sp³-hybridized carbons (Fsp3) is 0.333. The highest BCUT2D eigenvalue weighted by Gasteiger charge is 2.15. The molecule has 3 rings (SSSR count). The van der Waals surface area contributed by atoms with Crippen molar-refractivity contribution >= 4 is 22.8 Å². The Morgan fingerprint density at radius 1 is 1.15 bits per heavy atom. The molecule has 2 aromatic rings. The lowest BCUT2D eigenvalue weighted by molar-refractivity contribution is -0.119. The molecule has 0 radical (unpaired) electrons. The monoisotopic (exact) mass is 384 g/mol. The first-order chi connectivity index (χ1) is 13.1. The fourth-order valence-corrected chi connectivity index (χ4v) is 3.50. The van der Waals surface area contributed by atoms with Gasteiger partial charge in [-0.05, 0) is 41.3 Å². The van der Waals surface area contributed by atoms with E-state index in [-0.39, 0.29) is 11.8 Å². The van der Waals surface area contributed by atoms with Gasteiger partial charge in [0.2, 0.25) is 5.91 Å². The highest BCUT2D eigenvalue weighted by molar-refractivity contribution is 8.14. The Bertz CT molecular complexity index is 788. The second-order valence-electron chi connectivity index (χ2n) is 6.39. The molecule has 0 saturated carbocycles. The molecule has 0 bridgehead atoms. The maximum Gasteiger partial charge on any atom is 0.226 e. The highest BCUT2D eigenvalue weighted by Crippen LogP contribution is 2.23. The third kappa shape index (κ3) is 5.76. The van der Waals surface area contributed by atoms with E-state index in [1.165, 1.54) is 0 Å². The number of amidine groups is 1. The van der Waals surface area contributed by atoms with E-state index in [9.17, 15) is 4.79 Å². The number of hydrogen-bond acceptors (Lipinski definition) is 5. The number of benzene rings is 2. The summed E-state index contributed by atoms with van der Waals surface area (Å²) in [5.41, 5.74) is 2.19. The summed E-state index contributed by atoms with van der Waals surface area (Å²) in [5.74, 6) is 2.73. The van der Waals surface area contributed by atoms with Gasteiger partial charge in [0, 0.05) is 12.2 Å². The number of thioether (sulfide) groups is 1. The lowest BCUT2D eigenvalue weighted by Gasteiger charge is -2.13. The van der Waals surface area contributed by atoms with E-state index in [1.54, 1.807) is 18.9 Å². The molecule has 1 aliphatic heterocycles. The largest absolute Gasteiger partial charge is 0.497 e. The Kier molecular flexibility index (Phi) is 6.76. The molecule has 0 fully saturated rings. The molecular formula is C21H24N2O3S. The van der Waals surface area contributed by atoms with Crippen LogP contribution in [0.25, 0.3) is 0 Å². The molecule has 0 saturated heterocycles. The van der Waals surface area contributed by atoms with Gasteiger partial charge in [-0.15, -0.1) is 0 Å². The highest BCUT2D eigenvalue weighted by atomic mass is 32.2. The predicted octanol–water partition coefficient (Wildman–Crippen LogP) is 3.99. The molecule has 27 heavy (non-hydrogen) atoms. The number of carbonyl (C=O) groups is 1. The maximum absolute atomic E-state index is 12.1. The number of aliphatic imine (C=N–C) groups is 1. The first-order valence-corrected chi connectivity index (χ1v) is 9.95. The Balaban J connectivity index is 1.48. The molecule has 1 aliphatic rings. The van der Waals surface area contributed by atoms with E-state index < -0.39 is 0 Å². The van der Waals surface area contributed by atoms with Crippen LogP contribution in [0.15, 0.2) is 53.5 Å². The zero-order valence-electron chi connectivity index (χ0n) is 15.6. The zero-order chi connectivity index (χ0) is 19.1. The number of methoxy groups -OCH3 is 1. The van der Waals surface area contributed by atoms with Crippen LogP contribution in [0.5, 0.6) is 11.5 Å². The van der Waals surface area contributed by atoms with Gasteiger partial charge in [-0.3, -0.25) is 9.79 Å². The number of ether oxygens (including phenoxy) is 2. The minimum Gasteiger partial charge on any atom is -0.497 e. The molecule has 6 heteroatoms. The van der Waals surface area contributed by atoms with Crippen LogP contribution in [-0.4, -0.2) is 30.5 Å². The number of rotatable bonds is 7. The SMILES string of the molecule is COc1ccc(COc2ccc(C(C)CC(=O)NC3=NCCS3)cc2)cc1. The van der Waals surface area contributed by atoms with Crippen molar-refractivity contribution in [2.24, 2.45) is 4.99 Å². The van der Waals surface area contributed by atoms with Gasteiger partial charge in [-0.25, -0.2) is 0 Å². The summed E-state index contributed by atoms with van der Waals surface area (Å²) in [7, 11) is 1.65. The van der Waals surface area contributed by atoms with E-state index in [2.05, 4.69) is 17.2 Å². The first kappa shape index (κ1) is 19.3. The number of nitrogens with zero attached hydrogens (tertiary/aromatic N) is 1. The van der Waals surface area contributed by atoms with Gasteiger partial charge in [0.25, 0.3) is 0 Å². The van der Waals surface area contributed by atoms with Gasteiger partial charge >= 0.3 is 0 Å². The molecule has 1 unspecified atom stereocenters. The van der Waals surface area contributed by atoms with E-state index in [1.807, 2.05) is 48.5 Å². The van der Waals surface area contributed by atoms with Crippen LogP contribution in [-0.2, 0) is 11.4 Å². The maximum atomic E-state index is 12.1. The van der Waals surface area contributed by atoms with Crippen molar-refractivity contribution < 1.29 is 14.3 Å². The Morgan fingerprint density at radius 3 is 2.48 bits per heavy atom. The van der Waals surface area contributed by atoms with Gasteiger partial charge < -0.3 is 14.8 Å². The second kappa shape index (κ2) is 9.46. The summed E-state index contributed by atoms with van der Waals surface area (Å²) in [6, 6.07) is 15.7. The van der Waals surface area contributed by atoms with Crippen molar-refractivity contribution in [3.8, 4) is 11.5 Å². The van der Waals surface area contributed by atoms with E-state index >= 15 is 0 Å². The minimum absolute atomic E-state index is 0.00971. The predicted molar refractivity (Wildman–Crippen MR) is 110 cm³/mol. The number of amides is 1. The summed E-state index contributed by atoms with van der Waals surface area (Å²) in [5, 5.41) is 3.62. The van der Waals surface area contributed by atoms with E-state index in [0.717, 1.165) is 40.1 Å². The fourth-order valence-electron chi connectivity index (χ4n) is 2.76. The van der Waals surface area contributed by atoms with Gasteiger partial charge in [-0.2, -0.15) is 0 Å². The molecule has 1 N–H and O–H groups in total. The van der Waals surface area contributed by atoms with Crippen molar-refractivity contribution in [2.45, 2.75) is 25.9 Å². The minimum atomic E-state index is 0.00971. The molecule has 0 aromatic heterocycles. The third-order valence-corrected chi connectivity index (χ3v) is 5.23. The van der Waals surface area contributed by atoms with Crippen molar-refractivity contribution in [1.82, 2.24) is 5.32 Å². The average Bonchev–Trinajstić information content (AvgIpc) is 3.20. The topological polar surface area (TPSA) is 59.9 Å². The lowest BCUT2D eigenvalue weighted by atomic mass is 9.97. The lowest BCUT2D eigenvalue weighted by Crippen LogP contribution is -2.28. The van der Waals surface area contributed by atoms with Crippen molar-refractivity contribution in [3.63, 3.8) is 0 Å². The molecule has 1 heterocycles. The summed E-state index contributed by atoms with van der Waals surface area (Å²) in [4.78, 5) is 16.4. The number of hydrogen-bond donors (Lipinski definition) is 1. The van der Waals surface area contributed by atoms with Crippen LogP contribution in [0.3, 0.4) is 0 Å². The van der Waals surface area contributed by atoms with Gasteiger partial charge in [-0.1, -0.05) is 43.0 Å². The van der Waals surface area contributed by atoms with Gasteiger partial charge in [0.05, 0.1) is 13.7 Å². The average molecular weight is 385 g/mol. The van der Waals surface area contributed by atoms with Crippen LogP contribution in [0.2, 0.25) is 0 Å². The van der Waals surface area contributed by atoms with Crippen molar-refractivity contribution in [2.75, 3.05) is 19.4 Å². The van der Waals surface area contributed by atoms with Crippen LogP contribution in [0.1, 0.15) is 30.4 Å². The Morgan fingerprint density at radius 2 is 1.85 bits per heavy atom. The molecule has 142 valence electrons. The number of carbonyl (C=O) groups excluding carboxylic acids is 1. The molecule has 2 aromatic carbocycles. The summed E-state index contributed by atoms with van der Waals surface area (Å²) >= 11 is 1.60. The molecule has 5 nitrogen and oxygen atoms in total. The second-order valence-corrected chi connectivity index (χ2v) is 7.48. The van der Waals surface area contributed by atoms with Crippen LogP contribution < -0.4 is 14.8 Å². The van der Waals surface area contributed by atoms with Gasteiger partial charge in [0.1, 0.15) is 18.1 Å². The Labute approximate surface area is 164 Å². The summed E-state index contributed by atoms with van der Waals surface area (Å²) < 4.78 is 11.0. The van der Waals surface area contributed by atoms with Crippen LogP contribution in [0, 0.1) is 0 Å². The quantitative estimate of drug-likeness (QED) is 0.784. The van der Waals surface area contributed by atoms with Crippen molar-refractivity contribution in [3.05, 3.63) is 59.7 Å². The van der Waals surface area contributed by atoms with Gasteiger partial charge in [0.15, 0.2) is 5.17 Å². The molecule has 1 amide bonds. The molecule has 0 spiro atoms. The summed E-state index contributed by atoms with van der Waals surface area (Å²) in [6.07, 6.45) is 0.436. The molecule has 1 atom stereocenters. The van der Waals surface area contributed by atoms with E-state index in [0.29, 0.717) is 13.0 Å². The van der Waals surface area contributed by atoms with Crippen LogP contribution in [0.4, 0.5) is 0 Å². The molecule has 0 aliphatic carbocycles. The molecular weight excluding hydrogens is 360 g/mol. The number of nitrogens with one attached hydrogen (secondary N) is 1. The standard InChI is InChI=1S/C21H24N2O3S/c1-15(13-20(24)23-21-22-11-12-27-21)17-5-9-19(10-6-17)26-14-16-3-7-18(25-2)8-4-16/h3-10,15H,11-14H2,1-2H3,(H,22,23,24). The first-order valence-electron chi connectivity index (χ1n) is 8.97. The van der Waals surface area contributed by atoms with Crippen molar-refractivity contribution in [1.29, 1.82) is 0 Å². The normalized spacial score (nSPS) is 14.4. The summed E-state index contributed by atoms with van der Waals surface area (Å²) in [6.45, 7) is 3.34. The third-order valence-electron chi connectivity index (χ3n) is 4.34. The smallest absolute Gasteiger partial charge is 0.226 e. The van der Waals surface area contributed by atoms with Crippen LogP contribution >= 0.6 is 11.8 Å².